The lowest BCUT2D eigenvalue weighted by atomic mass is 10.1. The number of nitrogens with zero attached hydrogens (tertiary/aromatic N) is 1. The number of hydrogen-bond acceptors (Lipinski definition) is 2. The van der Waals surface area contributed by atoms with E-state index >= 15 is 0 Å². The molecule has 1 aromatic heterocycles. The number of nitrogens with one attached hydrogen (secondary N) is 2. The molecule has 2 amide bonds. The summed E-state index contributed by atoms with van der Waals surface area (Å²) in [6.07, 6.45) is 0.822. The number of hydrogen-bond donors (Lipinski definition) is 2. The molecule has 0 fully saturated rings. The molecule has 3 rings (SSSR count). The van der Waals surface area contributed by atoms with E-state index < -0.39 is 0 Å². The highest BCUT2D eigenvalue weighted by molar-refractivity contribution is 6.34. The fourth-order valence-corrected chi connectivity index (χ4v) is 3.57. The summed E-state index contributed by atoms with van der Waals surface area (Å²) in [5, 5.41) is 5.81. The van der Waals surface area contributed by atoms with Gasteiger partial charge >= 0.3 is 0 Å². The first-order valence-corrected chi connectivity index (χ1v) is 10.0. The van der Waals surface area contributed by atoms with Crippen molar-refractivity contribution in [2.45, 2.75) is 27.2 Å². The van der Waals surface area contributed by atoms with Gasteiger partial charge < -0.3 is 15.2 Å². The molecule has 0 unspecified atom stereocenters. The number of anilines is 1. The quantitative estimate of drug-likeness (QED) is 0.562. The van der Waals surface area contributed by atoms with Crippen LogP contribution in [0.2, 0.25) is 5.02 Å². The van der Waals surface area contributed by atoms with Gasteiger partial charge in [0.25, 0.3) is 11.8 Å². The summed E-state index contributed by atoms with van der Waals surface area (Å²) in [5.41, 5.74) is 2.99. The van der Waals surface area contributed by atoms with Crippen LogP contribution in [0.15, 0.2) is 48.5 Å². The highest BCUT2D eigenvalue weighted by Gasteiger charge is 2.19. The van der Waals surface area contributed by atoms with Gasteiger partial charge in [-0.3, -0.25) is 9.59 Å². The molecule has 7 heteroatoms. The SMILES string of the molecule is CCCNC(=O)c1ccc(NC(=O)c2cc(C)n(-c3ccccc3F)c2C)cc1Cl. The van der Waals surface area contributed by atoms with Crippen molar-refractivity contribution in [3.63, 3.8) is 0 Å². The van der Waals surface area contributed by atoms with Crippen LogP contribution in [0.4, 0.5) is 10.1 Å². The number of carbonyl (C=O) groups is 2. The predicted molar refractivity (Wildman–Crippen MR) is 117 cm³/mol. The molecule has 0 saturated carbocycles. The Hall–Kier alpha value is -3.12. The minimum absolute atomic E-state index is 0.248. The zero-order valence-corrected chi connectivity index (χ0v) is 17.8. The van der Waals surface area contributed by atoms with Crippen LogP contribution in [0.25, 0.3) is 5.69 Å². The Labute approximate surface area is 179 Å². The minimum Gasteiger partial charge on any atom is -0.352 e. The van der Waals surface area contributed by atoms with Gasteiger partial charge in [-0.05, 0) is 56.7 Å². The summed E-state index contributed by atoms with van der Waals surface area (Å²) in [4.78, 5) is 25.0. The third-order valence-corrected chi connectivity index (χ3v) is 5.09. The summed E-state index contributed by atoms with van der Waals surface area (Å²) in [6.45, 7) is 6.11. The second-order valence-corrected chi connectivity index (χ2v) is 7.38. The van der Waals surface area contributed by atoms with Crippen molar-refractivity contribution < 1.29 is 14.0 Å². The highest BCUT2D eigenvalue weighted by Crippen LogP contribution is 2.25. The van der Waals surface area contributed by atoms with E-state index in [1.165, 1.54) is 12.1 Å². The topological polar surface area (TPSA) is 63.1 Å². The summed E-state index contributed by atoms with van der Waals surface area (Å²) < 4.78 is 16.0. The number of aromatic nitrogens is 1. The zero-order valence-electron chi connectivity index (χ0n) is 17.1. The molecule has 0 aliphatic carbocycles. The van der Waals surface area contributed by atoms with Crippen LogP contribution in [-0.4, -0.2) is 22.9 Å². The number of amides is 2. The van der Waals surface area contributed by atoms with E-state index in [9.17, 15) is 14.0 Å². The Kier molecular flexibility index (Phi) is 6.57. The fraction of sp³-hybridized carbons (Fsp3) is 0.217. The van der Waals surface area contributed by atoms with Crippen molar-refractivity contribution in [2.75, 3.05) is 11.9 Å². The number of benzene rings is 2. The molecule has 5 nitrogen and oxygen atoms in total. The summed E-state index contributed by atoms with van der Waals surface area (Å²) >= 11 is 6.23. The van der Waals surface area contributed by atoms with Gasteiger partial charge in [-0.15, -0.1) is 0 Å². The van der Waals surface area contributed by atoms with Crippen LogP contribution < -0.4 is 10.6 Å². The molecule has 0 bridgehead atoms. The van der Waals surface area contributed by atoms with E-state index in [2.05, 4.69) is 10.6 Å². The second-order valence-electron chi connectivity index (χ2n) is 6.98. The third kappa shape index (κ3) is 4.39. The number of para-hydroxylation sites is 1. The van der Waals surface area contributed by atoms with Gasteiger partial charge in [0.15, 0.2) is 0 Å². The molecule has 0 atom stereocenters. The molecule has 30 heavy (non-hydrogen) atoms. The minimum atomic E-state index is -0.366. The molecule has 0 spiro atoms. The highest BCUT2D eigenvalue weighted by atomic mass is 35.5. The average Bonchev–Trinajstić information content (AvgIpc) is 3.01. The van der Waals surface area contributed by atoms with Crippen LogP contribution in [0.5, 0.6) is 0 Å². The molecule has 1 heterocycles. The first-order valence-electron chi connectivity index (χ1n) is 9.66. The molecule has 0 aliphatic heterocycles. The fourth-order valence-electron chi connectivity index (χ4n) is 3.31. The maximum absolute atomic E-state index is 14.2. The Morgan fingerprint density at radius 3 is 2.43 bits per heavy atom. The third-order valence-electron chi connectivity index (χ3n) is 4.78. The average molecular weight is 428 g/mol. The summed E-state index contributed by atoms with van der Waals surface area (Å²) in [5.74, 6) is -0.965. The van der Waals surface area contributed by atoms with Crippen molar-refractivity contribution in [3.05, 3.63) is 81.9 Å². The lowest BCUT2D eigenvalue weighted by Gasteiger charge is -2.11. The maximum Gasteiger partial charge on any atom is 0.257 e. The molecule has 156 valence electrons. The van der Waals surface area contributed by atoms with Crippen molar-refractivity contribution in [1.82, 2.24) is 9.88 Å². The lowest BCUT2D eigenvalue weighted by molar-refractivity contribution is 0.0953. The lowest BCUT2D eigenvalue weighted by Crippen LogP contribution is -2.24. The monoisotopic (exact) mass is 427 g/mol. The Bertz CT molecular complexity index is 1110. The number of halogens is 2. The Balaban J connectivity index is 1.84. The van der Waals surface area contributed by atoms with Crippen molar-refractivity contribution >= 4 is 29.1 Å². The van der Waals surface area contributed by atoms with Gasteiger partial charge in [-0.2, -0.15) is 0 Å². The predicted octanol–water partition coefficient (Wildman–Crippen LogP) is 5.28. The zero-order chi connectivity index (χ0) is 21.8. The van der Waals surface area contributed by atoms with E-state index in [0.717, 1.165) is 12.1 Å². The number of rotatable bonds is 6. The van der Waals surface area contributed by atoms with Gasteiger partial charge in [-0.1, -0.05) is 30.7 Å². The van der Waals surface area contributed by atoms with Crippen LogP contribution in [0.3, 0.4) is 0 Å². The molecular formula is C23H23ClFN3O2. The maximum atomic E-state index is 14.2. The molecule has 0 saturated heterocycles. The molecule has 3 aromatic rings. The van der Waals surface area contributed by atoms with Gasteiger partial charge in [0.2, 0.25) is 0 Å². The van der Waals surface area contributed by atoms with E-state index in [0.29, 0.717) is 34.7 Å². The van der Waals surface area contributed by atoms with Gasteiger partial charge in [0.1, 0.15) is 5.82 Å². The smallest absolute Gasteiger partial charge is 0.257 e. The van der Waals surface area contributed by atoms with Gasteiger partial charge in [0.05, 0.1) is 21.8 Å². The standard InChI is InChI=1S/C23H23ClFN3O2/c1-4-11-26-22(29)17-10-9-16(13-19(17)24)27-23(30)18-12-14(2)28(15(18)3)21-8-6-5-7-20(21)25/h5-10,12-13H,4,11H2,1-3H3,(H,26,29)(H,27,30). The molecule has 0 aliphatic rings. The molecule has 2 N–H and O–H groups in total. The number of carbonyl (C=O) groups excluding carboxylic acids is 2. The number of aryl methyl sites for hydroxylation is 1. The van der Waals surface area contributed by atoms with E-state index in [1.807, 2.05) is 13.8 Å². The van der Waals surface area contributed by atoms with E-state index in [1.54, 1.807) is 47.9 Å². The molecule has 2 aromatic carbocycles. The van der Waals surface area contributed by atoms with Gasteiger partial charge in [0, 0.05) is 23.6 Å². The Morgan fingerprint density at radius 1 is 1.03 bits per heavy atom. The molecular weight excluding hydrogens is 405 g/mol. The summed E-state index contributed by atoms with van der Waals surface area (Å²) in [7, 11) is 0. The first-order chi connectivity index (χ1) is 14.3. The summed E-state index contributed by atoms with van der Waals surface area (Å²) in [6, 6.07) is 12.9. The largest absolute Gasteiger partial charge is 0.352 e. The Morgan fingerprint density at radius 2 is 1.77 bits per heavy atom. The van der Waals surface area contributed by atoms with Crippen molar-refractivity contribution in [1.29, 1.82) is 0 Å². The van der Waals surface area contributed by atoms with Gasteiger partial charge in [-0.25, -0.2) is 4.39 Å². The second kappa shape index (κ2) is 9.13. The first kappa shape index (κ1) is 21.6. The van der Waals surface area contributed by atoms with Crippen molar-refractivity contribution in [2.24, 2.45) is 0 Å². The van der Waals surface area contributed by atoms with E-state index in [4.69, 9.17) is 11.6 Å². The van der Waals surface area contributed by atoms with Crippen LogP contribution in [-0.2, 0) is 0 Å². The van der Waals surface area contributed by atoms with Crippen LogP contribution >= 0.6 is 11.6 Å². The van der Waals surface area contributed by atoms with Crippen LogP contribution in [0, 0.1) is 19.7 Å². The van der Waals surface area contributed by atoms with Crippen LogP contribution in [0.1, 0.15) is 45.4 Å². The normalized spacial score (nSPS) is 10.7. The van der Waals surface area contributed by atoms with Crippen molar-refractivity contribution in [3.8, 4) is 5.69 Å². The molecule has 0 radical (unpaired) electrons. The van der Waals surface area contributed by atoms with E-state index in [-0.39, 0.29) is 22.7 Å².